The monoisotopic (exact) mass is 457 g/mol. The highest BCUT2D eigenvalue weighted by molar-refractivity contribution is 7.91. The molecular formula is C19H18F3N3O5S. The Hall–Kier alpha value is -3.28. The van der Waals surface area contributed by atoms with Gasteiger partial charge in [-0.15, -0.1) is 0 Å². The minimum atomic E-state index is -4.70. The predicted octanol–water partition coefficient (Wildman–Crippen LogP) is 3.77. The number of nitrogens with one attached hydrogen (secondary N) is 1. The van der Waals surface area contributed by atoms with Gasteiger partial charge < -0.3 is 5.32 Å². The third kappa shape index (κ3) is 6.10. The number of carbonyl (C=O) groups excluding carboxylic acids is 1. The Morgan fingerprint density at radius 3 is 2.29 bits per heavy atom. The van der Waals surface area contributed by atoms with Crippen molar-refractivity contribution in [3.8, 4) is 0 Å². The zero-order valence-electron chi connectivity index (χ0n) is 16.6. The number of sulfone groups is 1. The first-order valence-corrected chi connectivity index (χ1v) is 10.2. The summed E-state index contributed by atoms with van der Waals surface area (Å²) in [6, 6.07) is 4.08. The third-order valence-electron chi connectivity index (χ3n) is 3.75. The number of aromatic nitrogens is 1. The molecule has 1 aromatic heterocycles. The van der Waals surface area contributed by atoms with Crippen LogP contribution in [0.3, 0.4) is 0 Å². The quantitative estimate of drug-likeness (QED) is 0.415. The maximum Gasteiger partial charge on any atom is 0.417 e. The molecule has 0 fully saturated rings. The Morgan fingerprint density at radius 2 is 1.81 bits per heavy atom. The summed E-state index contributed by atoms with van der Waals surface area (Å²) >= 11 is 0. The maximum atomic E-state index is 12.9. The lowest BCUT2D eigenvalue weighted by atomic mass is 10.1. The van der Waals surface area contributed by atoms with Gasteiger partial charge in [-0.25, -0.2) is 13.4 Å². The van der Waals surface area contributed by atoms with Crippen LogP contribution in [-0.4, -0.2) is 29.8 Å². The number of hydrogen-bond donors (Lipinski definition) is 1. The molecule has 2 rings (SSSR count). The van der Waals surface area contributed by atoms with Gasteiger partial charge in [-0.05, 0) is 45.0 Å². The van der Waals surface area contributed by atoms with E-state index >= 15 is 0 Å². The second-order valence-electron chi connectivity index (χ2n) is 7.44. The van der Waals surface area contributed by atoms with Crippen LogP contribution < -0.4 is 5.32 Å². The molecule has 2 aromatic rings. The molecule has 0 radical (unpaired) electrons. The second kappa shape index (κ2) is 8.46. The van der Waals surface area contributed by atoms with Crippen LogP contribution in [0.5, 0.6) is 0 Å². The number of rotatable bonds is 5. The van der Waals surface area contributed by atoms with E-state index in [4.69, 9.17) is 0 Å². The molecule has 8 nitrogen and oxygen atoms in total. The molecule has 0 bridgehead atoms. The van der Waals surface area contributed by atoms with Crippen molar-refractivity contribution in [1.82, 2.24) is 10.3 Å². The topological polar surface area (TPSA) is 119 Å². The number of halogens is 3. The van der Waals surface area contributed by atoms with Crippen molar-refractivity contribution >= 4 is 27.5 Å². The molecule has 12 heteroatoms. The molecule has 0 unspecified atom stereocenters. The number of nitro groups is 1. The first-order chi connectivity index (χ1) is 14.1. The van der Waals surface area contributed by atoms with Crippen LogP contribution in [0, 0.1) is 10.1 Å². The molecule has 166 valence electrons. The summed E-state index contributed by atoms with van der Waals surface area (Å²) in [7, 11) is -4.44. The van der Waals surface area contributed by atoms with Gasteiger partial charge in [-0.1, -0.05) is 0 Å². The molecule has 1 amide bonds. The fraction of sp³-hybridized carbons (Fsp3) is 0.263. The summed E-state index contributed by atoms with van der Waals surface area (Å²) in [5.74, 6) is -0.574. The van der Waals surface area contributed by atoms with Gasteiger partial charge in [0.2, 0.25) is 15.7 Å². The maximum absolute atomic E-state index is 12.9. The van der Waals surface area contributed by atoms with E-state index < -0.39 is 53.6 Å². The minimum Gasteiger partial charge on any atom is -0.348 e. The van der Waals surface area contributed by atoms with Gasteiger partial charge >= 0.3 is 6.18 Å². The van der Waals surface area contributed by atoms with Crippen LogP contribution in [0.2, 0.25) is 0 Å². The van der Waals surface area contributed by atoms with E-state index in [0.29, 0.717) is 18.3 Å². The number of benzene rings is 1. The fourth-order valence-corrected chi connectivity index (χ4v) is 3.77. The molecule has 0 aliphatic rings. The molecular weight excluding hydrogens is 439 g/mol. The summed E-state index contributed by atoms with van der Waals surface area (Å²) in [5.41, 5.74) is -2.34. The molecule has 1 aromatic carbocycles. The average Bonchev–Trinajstić information content (AvgIpc) is 2.64. The molecule has 0 saturated carbocycles. The number of alkyl halides is 3. The van der Waals surface area contributed by atoms with Gasteiger partial charge in [0.15, 0.2) is 5.03 Å². The number of nitro benzene ring substituents is 1. The second-order valence-corrected chi connectivity index (χ2v) is 9.30. The van der Waals surface area contributed by atoms with Gasteiger partial charge in [0.05, 0.1) is 15.4 Å². The number of amides is 1. The number of non-ortho nitro benzene ring substituents is 1. The fourth-order valence-electron chi connectivity index (χ4n) is 2.42. The normalized spacial score (nSPS) is 12.7. The minimum absolute atomic E-state index is 0.194. The Balaban J connectivity index is 2.54. The van der Waals surface area contributed by atoms with Crippen LogP contribution in [0.25, 0.3) is 6.08 Å². The summed E-state index contributed by atoms with van der Waals surface area (Å²) in [6.45, 7) is 5.16. The smallest absolute Gasteiger partial charge is 0.348 e. The number of pyridine rings is 1. The van der Waals surface area contributed by atoms with Crippen molar-refractivity contribution in [2.75, 3.05) is 0 Å². The van der Waals surface area contributed by atoms with E-state index in [1.165, 1.54) is 0 Å². The van der Waals surface area contributed by atoms with Gasteiger partial charge in [-0.2, -0.15) is 13.2 Å². The Kier molecular flexibility index (Phi) is 6.54. The van der Waals surface area contributed by atoms with Crippen LogP contribution in [0.1, 0.15) is 31.9 Å². The van der Waals surface area contributed by atoms with Gasteiger partial charge in [0.1, 0.15) is 0 Å². The van der Waals surface area contributed by atoms with Crippen molar-refractivity contribution in [3.05, 3.63) is 63.8 Å². The van der Waals surface area contributed by atoms with Crippen LogP contribution in [0.4, 0.5) is 18.9 Å². The van der Waals surface area contributed by atoms with E-state index in [2.05, 4.69) is 10.3 Å². The summed E-state index contributed by atoms with van der Waals surface area (Å²) in [4.78, 5) is 25.3. The Labute approximate surface area is 175 Å². The summed E-state index contributed by atoms with van der Waals surface area (Å²) in [6.07, 6.45) is -2.24. The van der Waals surface area contributed by atoms with E-state index in [0.717, 1.165) is 30.4 Å². The van der Waals surface area contributed by atoms with Crippen molar-refractivity contribution < 1.29 is 31.3 Å². The highest BCUT2D eigenvalue weighted by atomic mass is 32.2. The lowest BCUT2D eigenvalue weighted by Gasteiger charge is -2.19. The molecule has 0 atom stereocenters. The van der Waals surface area contributed by atoms with E-state index in [-0.39, 0.29) is 5.56 Å². The van der Waals surface area contributed by atoms with Crippen molar-refractivity contribution in [2.24, 2.45) is 0 Å². The average molecular weight is 457 g/mol. The van der Waals surface area contributed by atoms with Crippen molar-refractivity contribution in [1.29, 1.82) is 0 Å². The molecule has 1 N–H and O–H groups in total. The Morgan fingerprint density at radius 1 is 1.16 bits per heavy atom. The molecule has 1 heterocycles. The largest absolute Gasteiger partial charge is 0.417 e. The number of hydrogen-bond acceptors (Lipinski definition) is 6. The van der Waals surface area contributed by atoms with E-state index in [9.17, 15) is 36.5 Å². The van der Waals surface area contributed by atoms with E-state index in [1.807, 2.05) is 0 Å². The summed E-state index contributed by atoms with van der Waals surface area (Å²) in [5, 5.41) is 13.0. The Bertz CT molecular complexity index is 1140. The highest BCUT2D eigenvalue weighted by Crippen LogP contribution is 2.31. The molecule has 0 aliphatic carbocycles. The van der Waals surface area contributed by atoms with Crippen LogP contribution in [-0.2, 0) is 20.8 Å². The van der Waals surface area contributed by atoms with Gasteiger partial charge in [-0.3, -0.25) is 14.9 Å². The zero-order chi connectivity index (χ0) is 23.6. The summed E-state index contributed by atoms with van der Waals surface area (Å²) < 4.78 is 64.0. The van der Waals surface area contributed by atoms with Crippen molar-refractivity contribution in [3.63, 3.8) is 0 Å². The highest BCUT2D eigenvalue weighted by Gasteiger charge is 2.32. The van der Waals surface area contributed by atoms with Crippen LogP contribution >= 0.6 is 0 Å². The first kappa shape index (κ1) is 24.0. The number of nitrogens with zero attached hydrogens (tertiary/aromatic N) is 2. The van der Waals surface area contributed by atoms with Gasteiger partial charge in [0, 0.05) is 35.5 Å². The van der Waals surface area contributed by atoms with E-state index in [1.54, 1.807) is 20.8 Å². The van der Waals surface area contributed by atoms with Crippen LogP contribution in [0.15, 0.2) is 52.5 Å². The lowest BCUT2D eigenvalue weighted by molar-refractivity contribution is -0.384. The third-order valence-corrected chi connectivity index (χ3v) is 5.49. The molecule has 31 heavy (non-hydrogen) atoms. The zero-order valence-corrected chi connectivity index (χ0v) is 17.4. The number of carbonyl (C=O) groups is 1. The molecule has 0 spiro atoms. The SMILES string of the molecule is CC(C)(C)NC(=O)C=Cc1cc([N+](=O)[O-])ccc1S(=O)(=O)c1ccc(C(F)(F)F)cn1. The standard InChI is InChI=1S/C19H18F3N3O5S/c1-18(2,3)24-16(26)8-4-12-10-14(25(27)28)6-7-15(12)31(29,30)17-9-5-13(11-23-17)19(20,21)22/h4-11H,1-3H3,(H,24,26). The molecule has 0 aliphatic heterocycles. The molecule has 0 saturated heterocycles. The first-order valence-electron chi connectivity index (χ1n) is 8.68. The lowest BCUT2D eigenvalue weighted by Crippen LogP contribution is -2.39. The van der Waals surface area contributed by atoms with Gasteiger partial charge in [0.25, 0.3) is 5.69 Å². The van der Waals surface area contributed by atoms with Crippen molar-refractivity contribution in [2.45, 2.75) is 42.4 Å². The predicted molar refractivity (Wildman–Crippen MR) is 105 cm³/mol.